The van der Waals surface area contributed by atoms with Crippen molar-refractivity contribution < 1.29 is 23.8 Å². The second-order valence-corrected chi connectivity index (χ2v) is 10.5. The average molecular weight is 564 g/mol. The highest BCUT2D eigenvalue weighted by Gasteiger charge is 2.35. The Morgan fingerprint density at radius 1 is 1.00 bits per heavy atom. The third kappa shape index (κ3) is 7.05. The summed E-state index contributed by atoms with van der Waals surface area (Å²) in [5, 5.41) is 0.336. The highest BCUT2D eigenvalue weighted by atomic mass is 35.5. The molecule has 0 aromatic heterocycles. The number of carbonyl (C=O) groups excluding carboxylic acids is 2. The van der Waals surface area contributed by atoms with E-state index in [2.05, 4.69) is 6.58 Å². The number of ether oxygens (including phenoxy) is 3. The summed E-state index contributed by atoms with van der Waals surface area (Å²) in [4.78, 5) is 27.3. The maximum absolute atomic E-state index is 13.1. The van der Waals surface area contributed by atoms with Crippen LogP contribution in [0.1, 0.15) is 27.8 Å². The number of allylic oxidation sites excluding steroid dienone is 1. The van der Waals surface area contributed by atoms with Gasteiger partial charge in [-0.05, 0) is 90.7 Å². The number of nitrogens with zero attached hydrogens (tertiary/aromatic N) is 1. The molecule has 2 amide bonds. The topological polar surface area (TPSA) is 65.1 Å². The van der Waals surface area contributed by atoms with Gasteiger partial charge in [0.15, 0.2) is 11.5 Å². The molecule has 0 bridgehead atoms. The van der Waals surface area contributed by atoms with Gasteiger partial charge < -0.3 is 14.2 Å². The minimum atomic E-state index is -0.345. The summed E-state index contributed by atoms with van der Waals surface area (Å²) in [6.45, 7) is 8.52. The van der Waals surface area contributed by atoms with E-state index in [-0.39, 0.29) is 24.3 Å². The molecule has 1 aliphatic rings. The minimum Gasteiger partial charge on any atom is -0.493 e. The number of thioether (sulfide) groups is 1. The number of halogens is 1. The molecule has 39 heavy (non-hydrogen) atoms. The predicted octanol–water partition coefficient (Wildman–Crippen LogP) is 7.39. The zero-order chi connectivity index (χ0) is 27.9. The normalized spacial score (nSPS) is 14.2. The SMILES string of the molecule is C=CCc1cc(/C=C2\SC(=O)N(CCOc3cc(C)ccc3C)C2=O)cc(OC)c1OCc1ccc(Cl)cc1. The van der Waals surface area contributed by atoms with Crippen molar-refractivity contribution in [3.63, 3.8) is 0 Å². The van der Waals surface area contributed by atoms with E-state index in [9.17, 15) is 9.59 Å². The number of methoxy groups -OCH3 is 1. The largest absolute Gasteiger partial charge is 0.493 e. The summed E-state index contributed by atoms with van der Waals surface area (Å²) >= 11 is 6.90. The smallest absolute Gasteiger partial charge is 0.293 e. The number of hydrogen-bond donors (Lipinski definition) is 0. The molecule has 4 rings (SSSR count). The Morgan fingerprint density at radius 3 is 2.49 bits per heavy atom. The summed E-state index contributed by atoms with van der Waals surface area (Å²) in [5.74, 6) is 1.52. The van der Waals surface area contributed by atoms with Crippen LogP contribution in [0.2, 0.25) is 5.02 Å². The van der Waals surface area contributed by atoms with Crippen LogP contribution in [-0.4, -0.2) is 36.3 Å². The van der Waals surface area contributed by atoms with Gasteiger partial charge in [0.1, 0.15) is 19.0 Å². The van der Waals surface area contributed by atoms with Gasteiger partial charge in [-0.2, -0.15) is 0 Å². The first-order chi connectivity index (χ1) is 18.8. The van der Waals surface area contributed by atoms with E-state index in [1.54, 1.807) is 25.3 Å². The van der Waals surface area contributed by atoms with Crippen LogP contribution < -0.4 is 14.2 Å². The highest BCUT2D eigenvalue weighted by Crippen LogP contribution is 2.37. The van der Waals surface area contributed by atoms with Gasteiger partial charge in [-0.25, -0.2) is 0 Å². The van der Waals surface area contributed by atoms with E-state index in [4.69, 9.17) is 25.8 Å². The summed E-state index contributed by atoms with van der Waals surface area (Å²) < 4.78 is 17.6. The Balaban J connectivity index is 1.49. The van der Waals surface area contributed by atoms with Gasteiger partial charge in [-0.1, -0.05) is 41.9 Å². The van der Waals surface area contributed by atoms with E-state index in [1.807, 2.05) is 62.4 Å². The first-order valence-corrected chi connectivity index (χ1v) is 13.6. The zero-order valence-electron chi connectivity index (χ0n) is 22.2. The van der Waals surface area contributed by atoms with Crippen molar-refractivity contribution in [2.24, 2.45) is 0 Å². The number of amides is 2. The monoisotopic (exact) mass is 563 g/mol. The summed E-state index contributed by atoms with van der Waals surface area (Å²) in [6.07, 6.45) is 4.01. The number of benzene rings is 3. The average Bonchev–Trinajstić information content (AvgIpc) is 3.18. The lowest BCUT2D eigenvalue weighted by Crippen LogP contribution is -2.32. The van der Waals surface area contributed by atoms with Crippen LogP contribution in [0.15, 0.2) is 72.2 Å². The van der Waals surface area contributed by atoms with Crippen molar-refractivity contribution in [3.05, 3.63) is 105 Å². The molecule has 1 saturated heterocycles. The Kier molecular flexibility index (Phi) is 9.38. The highest BCUT2D eigenvalue weighted by molar-refractivity contribution is 8.18. The lowest BCUT2D eigenvalue weighted by molar-refractivity contribution is -0.123. The first-order valence-electron chi connectivity index (χ1n) is 12.4. The van der Waals surface area contributed by atoms with E-state index in [0.717, 1.165) is 45.3 Å². The lowest BCUT2D eigenvalue weighted by Gasteiger charge is -2.16. The van der Waals surface area contributed by atoms with Gasteiger partial charge in [0.05, 0.1) is 18.6 Å². The molecule has 6 nitrogen and oxygen atoms in total. The minimum absolute atomic E-state index is 0.165. The fourth-order valence-corrected chi connectivity index (χ4v) is 5.07. The number of carbonyl (C=O) groups is 2. The molecule has 3 aromatic carbocycles. The lowest BCUT2D eigenvalue weighted by atomic mass is 10.0. The van der Waals surface area contributed by atoms with Gasteiger partial charge in [0.25, 0.3) is 11.1 Å². The first kappa shape index (κ1) is 28.3. The molecule has 0 atom stereocenters. The molecule has 0 spiro atoms. The second kappa shape index (κ2) is 12.9. The van der Waals surface area contributed by atoms with Crippen LogP contribution in [0.25, 0.3) is 6.08 Å². The number of imide groups is 1. The molecule has 1 aliphatic heterocycles. The Morgan fingerprint density at radius 2 is 1.77 bits per heavy atom. The van der Waals surface area contributed by atoms with Crippen molar-refractivity contribution in [2.45, 2.75) is 26.9 Å². The van der Waals surface area contributed by atoms with Crippen molar-refractivity contribution in [1.82, 2.24) is 4.90 Å². The van der Waals surface area contributed by atoms with Crippen molar-refractivity contribution in [3.8, 4) is 17.2 Å². The number of hydrogen-bond acceptors (Lipinski definition) is 6. The number of rotatable bonds is 11. The number of aryl methyl sites for hydroxylation is 2. The molecule has 0 aliphatic carbocycles. The van der Waals surface area contributed by atoms with Crippen LogP contribution in [0.4, 0.5) is 4.79 Å². The van der Waals surface area contributed by atoms with Crippen molar-refractivity contribution in [2.75, 3.05) is 20.3 Å². The van der Waals surface area contributed by atoms with Gasteiger partial charge in [-0.15, -0.1) is 6.58 Å². The fourth-order valence-electron chi connectivity index (χ4n) is 4.08. The third-order valence-electron chi connectivity index (χ3n) is 6.12. The molecular formula is C31H30ClNO5S. The molecule has 0 unspecified atom stereocenters. The van der Waals surface area contributed by atoms with E-state index < -0.39 is 0 Å². The van der Waals surface area contributed by atoms with E-state index >= 15 is 0 Å². The Bertz CT molecular complexity index is 1420. The molecule has 0 N–H and O–H groups in total. The van der Waals surface area contributed by atoms with E-state index in [1.165, 1.54) is 4.90 Å². The van der Waals surface area contributed by atoms with Gasteiger partial charge in [-0.3, -0.25) is 14.5 Å². The molecule has 1 fully saturated rings. The molecule has 0 saturated carbocycles. The summed E-state index contributed by atoms with van der Waals surface area (Å²) in [7, 11) is 1.57. The van der Waals surface area contributed by atoms with Crippen LogP contribution in [0.5, 0.6) is 17.2 Å². The van der Waals surface area contributed by atoms with Gasteiger partial charge in [0, 0.05) is 10.6 Å². The maximum atomic E-state index is 13.1. The third-order valence-corrected chi connectivity index (χ3v) is 7.28. The molecular weight excluding hydrogens is 534 g/mol. The van der Waals surface area contributed by atoms with Crippen molar-refractivity contribution in [1.29, 1.82) is 0 Å². The Hall–Kier alpha value is -3.68. The van der Waals surface area contributed by atoms with Crippen molar-refractivity contribution >= 4 is 40.6 Å². The predicted molar refractivity (Wildman–Crippen MR) is 157 cm³/mol. The second-order valence-electron chi connectivity index (χ2n) is 9.07. The molecule has 8 heteroatoms. The maximum Gasteiger partial charge on any atom is 0.293 e. The standard InChI is InChI=1S/C31H30ClNO5S/c1-5-6-24-16-23(17-27(36-4)29(24)38-19-22-9-11-25(32)12-10-22)18-28-30(34)33(31(35)39-28)13-14-37-26-15-20(2)7-8-21(26)3/h5,7-12,15-18H,1,6,13-14,19H2,2-4H3/b28-18-. The van der Waals surface area contributed by atoms with Crippen LogP contribution >= 0.6 is 23.4 Å². The molecule has 1 heterocycles. The fraction of sp³-hybridized carbons (Fsp3) is 0.226. The quantitative estimate of drug-likeness (QED) is 0.179. The molecule has 202 valence electrons. The van der Waals surface area contributed by atoms with E-state index in [0.29, 0.717) is 34.5 Å². The van der Waals surface area contributed by atoms with Crippen LogP contribution in [-0.2, 0) is 17.8 Å². The zero-order valence-corrected chi connectivity index (χ0v) is 23.7. The Labute approximate surface area is 238 Å². The summed E-state index contributed by atoms with van der Waals surface area (Å²) in [5.41, 5.74) is 4.62. The van der Waals surface area contributed by atoms with Gasteiger partial charge in [0.2, 0.25) is 0 Å². The molecule has 3 aromatic rings. The molecule has 0 radical (unpaired) electrons. The van der Waals surface area contributed by atoms with Gasteiger partial charge >= 0.3 is 0 Å². The van der Waals surface area contributed by atoms with Crippen LogP contribution in [0.3, 0.4) is 0 Å². The summed E-state index contributed by atoms with van der Waals surface area (Å²) in [6, 6.07) is 17.1. The van der Waals surface area contributed by atoms with Crippen LogP contribution in [0, 0.1) is 13.8 Å².